The second-order valence-corrected chi connectivity index (χ2v) is 8.12. The van der Waals surface area contributed by atoms with Crippen molar-refractivity contribution in [2.75, 3.05) is 11.4 Å². The summed E-state index contributed by atoms with van der Waals surface area (Å²) in [6, 6.07) is 6.17. The normalized spacial score (nSPS) is 30.9. The quantitative estimate of drug-likeness (QED) is 0.649. The minimum absolute atomic E-state index is 0.0572. The average molecular weight is 375 g/mol. The van der Waals surface area contributed by atoms with E-state index in [1.54, 1.807) is 0 Å². The van der Waals surface area contributed by atoms with E-state index in [9.17, 15) is 8.18 Å². The largest absolute Gasteiger partial charge is 0.373 e. The Morgan fingerprint density at radius 1 is 1.42 bits per heavy atom. The first kappa shape index (κ1) is 14.9. The third-order valence-electron chi connectivity index (χ3n) is 4.48. The summed E-state index contributed by atoms with van der Waals surface area (Å²) >= 11 is -1.14. The molecule has 106 valence electrons. The van der Waals surface area contributed by atoms with Crippen molar-refractivity contribution in [2.45, 2.75) is 43.8 Å². The molecule has 1 N–H and O–H groups in total. The first-order valence-corrected chi connectivity index (χ1v) is 8.72. The molecule has 1 fully saturated rings. The molecule has 0 aromatic heterocycles. The number of aliphatic hydroxyl groups is 1. The molecule has 1 aromatic rings. The van der Waals surface area contributed by atoms with E-state index in [2.05, 4.69) is 37.8 Å². The number of halogens is 1. The Morgan fingerprint density at radius 2 is 2.00 bits per heavy atom. The topological polar surface area (TPSA) is 40.5 Å². The Bertz CT molecular complexity index is 471. The van der Waals surface area contributed by atoms with Crippen LogP contribution in [0.1, 0.15) is 31.4 Å². The van der Waals surface area contributed by atoms with E-state index < -0.39 is 27.4 Å². The third kappa shape index (κ3) is 2.33. The second kappa shape index (κ2) is 5.48. The van der Waals surface area contributed by atoms with Crippen LogP contribution in [0.4, 0.5) is 5.69 Å². The van der Waals surface area contributed by atoms with E-state index in [-0.39, 0.29) is 9.34 Å². The fourth-order valence-electron chi connectivity index (χ4n) is 3.11. The number of alkyl halides is 1. The molecule has 19 heavy (non-hydrogen) atoms. The van der Waals surface area contributed by atoms with Gasteiger partial charge >= 0.3 is 0 Å². The van der Waals surface area contributed by atoms with Gasteiger partial charge in [0.05, 0.1) is 3.42 Å². The number of nitrogens with zero attached hydrogens (tertiary/aromatic N) is 1. The molecular weight excluding hydrogens is 353 g/mol. The molecule has 1 unspecified atom stereocenters. The maximum atomic E-state index is 11.8. The van der Waals surface area contributed by atoms with Crippen molar-refractivity contribution >= 4 is 26.9 Å². The molecule has 2 rings (SSSR count). The summed E-state index contributed by atoms with van der Waals surface area (Å²) in [7, 11) is 0. The highest BCUT2D eigenvalue weighted by atomic mass is 127. The number of rotatable bonds is 3. The minimum atomic E-state index is -1.14. The van der Waals surface area contributed by atoms with Crippen molar-refractivity contribution < 1.29 is 8.18 Å². The molecule has 3 nitrogen and oxygen atoms in total. The molecule has 1 aromatic carbocycles. The zero-order valence-electron chi connectivity index (χ0n) is 12.0. The highest BCUT2D eigenvalue weighted by Crippen LogP contribution is 2.47. The van der Waals surface area contributed by atoms with Gasteiger partial charge in [-0.2, -0.15) is 0 Å². The van der Waals surface area contributed by atoms with Gasteiger partial charge in [0, 0.05) is 18.2 Å². The van der Waals surface area contributed by atoms with Gasteiger partial charge in [-0.25, -0.2) is 0 Å². The summed E-state index contributed by atoms with van der Waals surface area (Å²) in [4.78, 5) is 2.05. The van der Waals surface area contributed by atoms with Crippen LogP contribution in [-0.2, 0) is 3.07 Å². The first-order chi connectivity index (χ1) is 8.96. The third-order valence-corrected chi connectivity index (χ3v) is 7.45. The van der Waals surface area contributed by atoms with Gasteiger partial charge in [0.15, 0.2) is 21.2 Å². The SMILES string of the molecule is CC[C@@]1(I=O)CN(c2c(C)cccc2C)C(O)[C@H]1C. The predicted octanol–water partition coefficient (Wildman–Crippen LogP) is 3.54. The van der Waals surface area contributed by atoms with Crippen molar-refractivity contribution in [3.63, 3.8) is 0 Å². The van der Waals surface area contributed by atoms with Gasteiger partial charge < -0.3 is 10.0 Å². The molecule has 1 aliphatic heterocycles. The van der Waals surface area contributed by atoms with Crippen molar-refractivity contribution in [1.82, 2.24) is 0 Å². The Balaban J connectivity index is 2.45. The number of aryl methyl sites for hydroxylation is 2. The molecule has 4 heteroatoms. The van der Waals surface area contributed by atoms with E-state index in [0.717, 1.165) is 12.1 Å². The van der Waals surface area contributed by atoms with Crippen LogP contribution < -0.4 is 4.90 Å². The summed E-state index contributed by atoms with van der Waals surface area (Å²) in [6.07, 6.45) is 0.331. The van der Waals surface area contributed by atoms with Gasteiger partial charge in [0.2, 0.25) is 0 Å². The van der Waals surface area contributed by atoms with Crippen LogP contribution in [-0.4, -0.2) is 21.3 Å². The van der Waals surface area contributed by atoms with E-state index >= 15 is 0 Å². The van der Waals surface area contributed by atoms with Gasteiger partial charge in [-0.1, -0.05) is 32.0 Å². The van der Waals surface area contributed by atoms with Crippen LogP contribution in [0.25, 0.3) is 0 Å². The van der Waals surface area contributed by atoms with E-state index in [0.29, 0.717) is 6.54 Å². The van der Waals surface area contributed by atoms with Crippen LogP contribution in [0.2, 0.25) is 0 Å². The number of anilines is 1. The molecule has 3 atom stereocenters. The fourth-order valence-corrected chi connectivity index (χ4v) is 4.65. The predicted molar refractivity (Wildman–Crippen MR) is 86.2 cm³/mol. The number of hydrogen-bond donors (Lipinski definition) is 1. The second-order valence-electron chi connectivity index (χ2n) is 5.54. The maximum Gasteiger partial charge on any atom is 0.153 e. The average Bonchev–Trinajstić information content (AvgIpc) is 2.64. The lowest BCUT2D eigenvalue weighted by Crippen LogP contribution is -2.32. The zero-order chi connectivity index (χ0) is 14.2. The monoisotopic (exact) mass is 375 g/mol. The number of benzene rings is 1. The van der Waals surface area contributed by atoms with Crippen LogP contribution in [0.5, 0.6) is 0 Å². The highest BCUT2D eigenvalue weighted by molar-refractivity contribution is 14.1. The lowest BCUT2D eigenvalue weighted by Gasteiger charge is -2.27. The summed E-state index contributed by atoms with van der Waals surface area (Å²) in [5.74, 6) is 0.0572. The van der Waals surface area contributed by atoms with Crippen molar-refractivity contribution in [1.29, 1.82) is 0 Å². The van der Waals surface area contributed by atoms with E-state index in [1.807, 2.05) is 13.0 Å². The van der Waals surface area contributed by atoms with Crippen molar-refractivity contribution in [3.8, 4) is 0 Å². The lowest BCUT2D eigenvalue weighted by atomic mass is 9.94. The Morgan fingerprint density at radius 3 is 2.42 bits per heavy atom. The first-order valence-electron chi connectivity index (χ1n) is 6.76. The lowest BCUT2D eigenvalue weighted by molar-refractivity contribution is 0.135. The van der Waals surface area contributed by atoms with Crippen LogP contribution in [0.15, 0.2) is 18.2 Å². The molecule has 0 aliphatic carbocycles. The van der Waals surface area contributed by atoms with Crippen molar-refractivity contribution in [3.05, 3.63) is 29.3 Å². The van der Waals surface area contributed by atoms with Gasteiger partial charge in [0.1, 0.15) is 6.23 Å². The summed E-state index contributed by atoms with van der Waals surface area (Å²) in [6.45, 7) is 8.94. The molecule has 0 saturated carbocycles. The molecule has 0 radical (unpaired) electrons. The molecule has 0 bridgehead atoms. The minimum Gasteiger partial charge on any atom is -0.373 e. The summed E-state index contributed by atoms with van der Waals surface area (Å²) in [5, 5.41) is 10.6. The van der Waals surface area contributed by atoms with Gasteiger partial charge in [-0.15, -0.1) is 0 Å². The Hall–Kier alpha value is -0.490. The van der Waals surface area contributed by atoms with Gasteiger partial charge in [-0.05, 0) is 31.4 Å². The Labute approximate surface area is 125 Å². The van der Waals surface area contributed by atoms with Crippen molar-refractivity contribution in [2.24, 2.45) is 5.92 Å². The molecule has 0 spiro atoms. The van der Waals surface area contributed by atoms with E-state index in [1.165, 1.54) is 11.1 Å². The van der Waals surface area contributed by atoms with Crippen LogP contribution in [0.3, 0.4) is 0 Å². The number of para-hydroxylation sites is 1. The van der Waals surface area contributed by atoms with Gasteiger partial charge in [-0.3, -0.25) is 3.07 Å². The van der Waals surface area contributed by atoms with Crippen LogP contribution in [0, 0.1) is 19.8 Å². The number of hydrogen-bond acceptors (Lipinski definition) is 3. The molecular formula is C15H22INO2. The smallest absolute Gasteiger partial charge is 0.153 e. The Kier molecular flexibility index (Phi) is 4.30. The summed E-state index contributed by atoms with van der Waals surface area (Å²) in [5.41, 5.74) is 3.44. The van der Waals surface area contributed by atoms with Gasteiger partial charge in [0.25, 0.3) is 0 Å². The summed E-state index contributed by atoms with van der Waals surface area (Å²) < 4.78 is 11.6. The maximum absolute atomic E-state index is 11.8. The zero-order valence-corrected chi connectivity index (χ0v) is 14.1. The standard InChI is InChI=1S/C15H22INO2/c1-5-15(16-19)9-17(14(18)12(15)4)13-10(2)7-6-8-11(13)3/h6-8,12,14,18H,5,9H2,1-4H3/t12-,14?,15-/m1/s1. The number of aliphatic hydroxyl groups excluding tert-OH is 1. The van der Waals surface area contributed by atoms with Crippen LogP contribution >= 0.6 is 21.2 Å². The molecule has 0 amide bonds. The molecule has 1 heterocycles. The molecule has 1 aliphatic rings. The fraction of sp³-hybridized carbons (Fsp3) is 0.600. The molecule has 1 saturated heterocycles. The van der Waals surface area contributed by atoms with E-state index in [4.69, 9.17) is 0 Å². The highest BCUT2D eigenvalue weighted by Gasteiger charge is 2.50.